The van der Waals surface area contributed by atoms with Gasteiger partial charge in [0.15, 0.2) is 0 Å². The lowest BCUT2D eigenvalue weighted by molar-refractivity contribution is -0.0641. The fourth-order valence-corrected chi connectivity index (χ4v) is 3.49. The molecule has 2 N–H and O–H groups in total. The smallest absolute Gasteiger partial charge is 0.0612 e. The first-order valence-corrected chi connectivity index (χ1v) is 7.69. The Bertz CT molecular complexity index is 257. The van der Waals surface area contributed by atoms with Crippen molar-refractivity contribution in [2.75, 3.05) is 19.7 Å². The molecule has 3 nitrogen and oxygen atoms in total. The second-order valence-corrected chi connectivity index (χ2v) is 6.56. The largest absolute Gasteiger partial charge is 0.378 e. The normalized spacial score (nSPS) is 39.2. The van der Waals surface area contributed by atoms with Gasteiger partial charge in [-0.1, -0.05) is 13.8 Å². The molecule has 0 aromatic carbocycles. The van der Waals surface area contributed by atoms with E-state index in [-0.39, 0.29) is 0 Å². The third kappa shape index (κ3) is 3.25. The van der Waals surface area contributed by atoms with Crippen LogP contribution < -0.4 is 5.73 Å². The third-order valence-electron chi connectivity index (χ3n) is 4.86. The molecule has 2 rings (SSSR count). The van der Waals surface area contributed by atoms with Gasteiger partial charge in [-0.25, -0.2) is 0 Å². The van der Waals surface area contributed by atoms with Gasteiger partial charge in [-0.2, -0.15) is 0 Å². The second-order valence-electron chi connectivity index (χ2n) is 6.56. The number of nitrogens with two attached hydrogens (primary N) is 1. The van der Waals surface area contributed by atoms with Crippen LogP contribution in [0.5, 0.6) is 0 Å². The molecule has 2 heterocycles. The number of likely N-dealkylation sites (tertiary alicyclic amines) is 1. The Hall–Kier alpha value is -0.120. The zero-order valence-corrected chi connectivity index (χ0v) is 12.3. The van der Waals surface area contributed by atoms with E-state index < -0.39 is 0 Å². The Morgan fingerprint density at radius 3 is 2.72 bits per heavy atom. The molecule has 2 saturated heterocycles. The van der Waals surface area contributed by atoms with Gasteiger partial charge in [0, 0.05) is 25.2 Å². The van der Waals surface area contributed by atoms with Crippen molar-refractivity contribution in [2.24, 2.45) is 17.6 Å². The number of hydrogen-bond acceptors (Lipinski definition) is 3. The van der Waals surface area contributed by atoms with Crippen LogP contribution in [-0.4, -0.2) is 42.8 Å². The monoisotopic (exact) mass is 254 g/mol. The Labute approximate surface area is 112 Å². The van der Waals surface area contributed by atoms with E-state index in [2.05, 4.69) is 25.7 Å². The molecule has 18 heavy (non-hydrogen) atoms. The summed E-state index contributed by atoms with van der Waals surface area (Å²) in [6.45, 7) is 9.91. The number of ether oxygens (including phenoxy) is 1. The molecule has 0 radical (unpaired) electrons. The first-order chi connectivity index (χ1) is 8.61. The zero-order chi connectivity index (χ0) is 13.1. The topological polar surface area (TPSA) is 38.5 Å². The summed E-state index contributed by atoms with van der Waals surface area (Å²) in [4.78, 5) is 2.72. The minimum atomic E-state index is 0.453. The maximum Gasteiger partial charge on any atom is 0.0612 e. The summed E-state index contributed by atoms with van der Waals surface area (Å²) in [6, 6.07) is 1.44. The molecule has 0 bridgehead atoms. The molecule has 0 spiro atoms. The van der Waals surface area contributed by atoms with E-state index in [4.69, 9.17) is 10.5 Å². The van der Waals surface area contributed by atoms with Crippen LogP contribution in [0.4, 0.5) is 0 Å². The van der Waals surface area contributed by atoms with Gasteiger partial charge >= 0.3 is 0 Å². The second kappa shape index (κ2) is 6.36. The molecule has 2 fully saturated rings. The Morgan fingerprint density at radius 1 is 1.28 bits per heavy atom. The van der Waals surface area contributed by atoms with Crippen molar-refractivity contribution in [3.63, 3.8) is 0 Å². The maximum atomic E-state index is 5.90. The van der Waals surface area contributed by atoms with Gasteiger partial charge in [-0.15, -0.1) is 0 Å². The van der Waals surface area contributed by atoms with Gasteiger partial charge in [-0.3, -0.25) is 4.90 Å². The summed E-state index contributed by atoms with van der Waals surface area (Å²) in [5.41, 5.74) is 5.86. The number of rotatable bonds is 3. The van der Waals surface area contributed by atoms with Crippen LogP contribution in [0.1, 0.15) is 46.5 Å². The molecule has 2 aliphatic rings. The molecular weight excluding hydrogens is 224 g/mol. The minimum Gasteiger partial charge on any atom is -0.378 e. The number of piperidine rings is 1. The zero-order valence-electron chi connectivity index (χ0n) is 12.3. The fraction of sp³-hybridized carbons (Fsp3) is 1.00. The van der Waals surface area contributed by atoms with Gasteiger partial charge in [0.1, 0.15) is 0 Å². The Balaban J connectivity index is 1.96. The quantitative estimate of drug-likeness (QED) is 0.839. The highest BCUT2D eigenvalue weighted by atomic mass is 16.5. The highest BCUT2D eigenvalue weighted by Gasteiger charge is 2.34. The van der Waals surface area contributed by atoms with Gasteiger partial charge in [0.2, 0.25) is 0 Å². The van der Waals surface area contributed by atoms with Crippen molar-refractivity contribution in [3.05, 3.63) is 0 Å². The Morgan fingerprint density at radius 2 is 2.06 bits per heavy atom. The van der Waals surface area contributed by atoms with Gasteiger partial charge < -0.3 is 10.5 Å². The molecule has 2 aliphatic heterocycles. The van der Waals surface area contributed by atoms with Crippen molar-refractivity contribution >= 4 is 0 Å². The van der Waals surface area contributed by atoms with E-state index in [9.17, 15) is 0 Å². The lowest BCUT2D eigenvalue weighted by atomic mass is 9.88. The van der Waals surface area contributed by atoms with E-state index in [0.29, 0.717) is 17.9 Å². The lowest BCUT2D eigenvalue weighted by Crippen LogP contribution is -2.52. The maximum absolute atomic E-state index is 5.90. The molecule has 3 heteroatoms. The minimum absolute atomic E-state index is 0.453. The van der Waals surface area contributed by atoms with Crippen molar-refractivity contribution < 1.29 is 4.74 Å². The third-order valence-corrected chi connectivity index (χ3v) is 4.86. The van der Waals surface area contributed by atoms with Crippen molar-refractivity contribution in [3.8, 4) is 0 Å². The molecular formula is C15H30N2O. The standard InChI is InChI=1S/C15H30N2O/c1-11(2)15-8-14(6-7-18-15)17-10-13(9-16)5-4-12(17)3/h11-15H,4-10,16H2,1-3H3. The highest BCUT2D eigenvalue weighted by molar-refractivity contribution is 4.88. The first-order valence-electron chi connectivity index (χ1n) is 7.69. The molecule has 0 aliphatic carbocycles. The molecule has 0 amide bonds. The predicted octanol–water partition coefficient (Wildman–Crippen LogP) is 2.25. The number of nitrogens with zero attached hydrogens (tertiary/aromatic N) is 1. The van der Waals surface area contributed by atoms with E-state index in [1.54, 1.807) is 0 Å². The van der Waals surface area contributed by atoms with Crippen LogP contribution in [-0.2, 0) is 4.74 Å². The summed E-state index contributed by atoms with van der Waals surface area (Å²) >= 11 is 0. The van der Waals surface area contributed by atoms with Crippen LogP contribution >= 0.6 is 0 Å². The van der Waals surface area contributed by atoms with E-state index in [0.717, 1.165) is 25.2 Å². The number of hydrogen-bond donors (Lipinski definition) is 1. The van der Waals surface area contributed by atoms with Gasteiger partial charge in [-0.05, 0) is 51.0 Å². The first kappa shape index (κ1) is 14.3. The van der Waals surface area contributed by atoms with Crippen molar-refractivity contribution in [1.82, 2.24) is 4.90 Å². The van der Waals surface area contributed by atoms with Crippen molar-refractivity contribution in [2.45, 2.75) is 64.6 Å². The summed E-state index contributed by atoms with van der Waals surface area (Å²) in [6.07, 6.45) is 5.48. The van der Waals surface area contributed by atoms with Gasteiger partial charge in [0.05, 0.1) is 6.10 Å². The Kier molecular flexibility index (Phi) is 5.05. The van der Waals surface area contributed by atoms with Crippen molar-refractivity contribution in [1.29, 1.82) is 0 Å². The van der Waals surface area contributed by atoms with E-state index >= 15 is 0 Å². The van der Waals surface area contributed by atoms with Crippen LogP contribution in [0.15, 0.2) is 0 Å². The van der Waals surface area contributed by atoms with Crippen LogP contribution in [0.2, 0.25) is 0 Å². The fourth-order valence-electron chi connectivity index (χ4n) is 3.49. The van der Waals surface area contributed by atoms with Crippen LogP contribution in [0.25, 0.3) is 0 Å². The summed E-state index contributed by atoms with van der Waals surface area (Å²) in [7, 11) is 0. The molecule has 0 aromatic rings. The summed E-state index contributed by atoms with van der Waals surface area (Å²) in [5.74, 6) is 1.35. The average Bonchev–Trinajstić information content (AvgIpc) is 2.39. The van der Waals surface area contributed by atoms with E-state index in [1.165, 1.54) is 32.2 Å². The van der Waals surface area contributed by atoms with Crippen LogP contribution in [0, 0.1) is 11.8 Å². The highest BCUT2D eigenvalue weighted by Crippen LogP contribution is 2.30. The van der Waals surface area contributed by atoms with Crippen LogP contribution in [0.3, 0.4) is 0 Å². The molecule has 106 valence electrons. The SMILES string of the molecule is CC(C)C1CC(N2CC(CN)CCC2C)CCO1. The predicted molar refractivity (Wildman–Crippen MR) is 75.5 cm³/mol. The summed E-state index contributed by atoms with van der Waals surface area (Å²) in [5, 5.41) is 0. The summed E-state index contributed by atoms with van der Waals surface area (Å²) < 4.78 is 5.90. The molecule has 4 unspecified atom stereocenters. The molecule has 0 aromatic heterocycles. The van der Waals surface area contributed by atoms with E-state index in [1.807, 2.05) is 0 Å². The lowest BCUT2D eigenvalue weighted by Gasteiger charge is -2.46. The van der Waals surface area contributed by atoms with Gasteiger partial charge in [0.25, 0.3) is 0 Å². The molecule has 4 atom stereocenters. The molecule has 0 saturated carbocycles. The average molecular weight is 254 g/mol.